The van der Waals surface area contributed by atoms with Gasteiger partial charge in [0.05, 0.1) is 12.7 Å². The normalized spacial score (nSPS) is 18.9. The van der Waals surface area contributed by atoms with Crippen molar-refractivity contribution in [1.29, 1.82) is 0 Å². The smallest absolute Gasteiger partial charge is 0.198 e. The van der Waals surface area contributed by atoms with E-state index in [-0.39, 0.29) is 0 Å². The second kappa shape index (κ2) is 4.38. The highest BCUT2D eigenvalue weighted by Crippen LogP contribution is 2.37. The van der Waals surface area contributed by atoms with Crippen molar-refractivity contribution in [2.24, 2.45) is 10.9 Å². The maximum absolute atomic E-state index is 6.00. The van der Waals surface area contributed by atoms with Crippen LogP contribution in [0.2, 0.25) is 5.02 Å². The van der Waals surface area contributed by atoms with Crippen molar-refractivity contribution >= 4 is 39.2 Å². The molecule has 0 saturated heterocycles. The van der Waals surface area contributed by atoms with E-state index in [0.29, 0.717) is 15.6 Å². The summed E-state index contributed by atoms with van der Waals surface area (Å²) < 4.78 is 0.509. The average molecular weight is 314 g/mol. The van der Waals surface area contributed by atoms with Gasteiger partial charge in [-0.25, -0.2) is 9.97 Å². The van der Waals surface area contributed by atoms with Crippen molar-refractivity contribution < 1.29 is 0 Å². The molecule has 0 spiro atoms. The van der Waals surface area contributed by atoms with Crippen molar-refractivity contribution in [2.75, 3.05) is 11.9 Å². The Kier molecular flexibility index (Phi) is 2.88. The van der Waals surface area contributed by atoms with Gasteiger partial charge in [-0.2, -0.15) is 0 Å². The predicted octanol–water partition coefficient (Wildman–Crippen LogP) is 3.05. The first-order chi connectivity index (χ1) is 8.22. The van der Waals surface area contributed by atoms with Crippen LogP contribution in [0.4, 0.5) is 5.82 Å². The molecule has 1 aromatic rings. The van der Waals surface area contributed by atoms with Crippen LogP contribution in [0.5, 0.6) is 0 Å². The first kappa shape index (κ1) is 11.2. The Morgan fingerprint density at radius 3 is 3.00 bits per heavy atom. The fourth-order valence-corrected chi connectivity index (χ4v) is 2.19. The molecule has 1 aliphatic carbocycles. The predicted molar refractivity (Wildman–Crippen MR) is 71.5 cm³/mol. The molecule has 17 heavy (non-hydrogen) atoms. The van der Waals surface area contributed by atoms with Crippen LogP contribution in [0.25, 0.3) is 0 Å². The van der Waals surface area contributed by atoms with E-state index < -0.39 is 0 Å². The number of rotatable bonds is 2. The third kappa shape index (κ3) is 2.50. The summed E-state index contributed by atoms with van der Waals surface area (Å²) >= 11 is 9.22. The minimum Gasteiger partial charge on any atom is -0.324 e. The van der Waals surface area contributed by atoms with Gasteiger partial charge in [0.1, 0.15) is 10.9 Å². The fraction of sp³-hybridized carbons (Fsp3) is 0.364. The quantitative estimate of drug-likeness (QED) is 0.854. The lowest BCUT2D eigenvalue weighted by molar-refractivity contribution is 0.959. The van der Waals surface area contributed by atoms with Crippen LogP contribution in [-0.4, -0.2) is 22.3 Å². The zero-order valence-electron chi connectivity index (χ0n) is 8.95. The largest absolute Gasteiger partial charge is 0.324 e. The van der Waals surface area contributed by atoms with Crippen LogP contribution >= 0.6 is 27.5 Å². The van der Waals surface area contributed by atoms with Gasteiger partial charge in [-0.15, -0.1) is 0 Å². The van der Waals surface area contributed by atoms with Crippen LogP contribution in [0, 0.1) is 5.92 Å². The van der Waals surface area contributed by atoms with E-state index >= 15 is 0 Å². The first-order valence-corrected chi connectivity index (χ1v) is 6.59. The summed E-state index contributed by atoms with van der Waals surface area (Å²) in [4.78, 5) is 12.5. The number of nitrogens with zero attached hydrogens (tertiary/aromatic N) is 3. The Bertz CT molecular complexity index is 522. The summed E-state index contributed by atoms with van der Waals surface area (Å²) in [5.74, 6) is 2.17. The van der Waals surface area contributed by atoms with E-state index in [0.717, 1.165) is 18.3 Å². The van der Waals surface area contributed by atoms with Gasteiger partial charge < -0.3 is 5.32 Å². The molecule has 0 unspecified atom stereocenters. The second-order valence-corrected chi connectivity index (χ2v) is 5.27. The van der Waals surface area contributed by atoms with Crippen LogP contribution < -0.4 is 5.32 Å². The second-order valence-electron chi connectivity index (χ2n) is 4.16. The lowest BCUT2D eigenvalue weighted by atomic mass is 10.2. The molecular formula is C11H10BrClN4. The van der Waals surface area contributed by atoms with E-state index in [4.69, 9.17) is 11.6 Å². The molecule has 1 saturated carbocycles. The summed E-state index contributed by atoms with van der Waals surface area (Å²) in [6.45, 7) is 0.802. The number of halogens is 2. The molecular weight excluding hydrogens is 304 g/mol. The minimum absolute atomic E-state index is 0.490. The molecule has 2 heterocycles. The van der Waals surface area contributed by atoms with E-state index in [2.05, 4.69) is 42.3 Å². The molecule has 3 rings (SSSR count). The molecule has 0 bridgehead atoms. The van der Waals surface area contributed by atoms with Gasteiger partial charge in [0.15, 0.2) is 10.6 Å². The molecule has 1 aliphatic heterocycles. The molecule has 1 N–H and O–H groups in total. The number of amidine groups is 1. The summed E-state index contributed by atoms with van der Waals surface area (Å²) in [5, 5.41) is 3.61. The molecule has 0 aromatic carbocycles. The summed E-state index contributed by atoms with van der Waals surface area (Å²) in [6.07, 6.45) is 6.26. The highest BCUT2D eigenvalue weighted by atomic mass is 79.9. The van der Waals surface area contributed by atoms with Crippen LogP contribution in [0.1, 0.15) is 12.8 Å². The standard InChI is InChI=1S/C11H10BrClN4/c12-11-15-5-8(13)10(17-11)16-9-3-7(4-14-9)6-1-2-6/h3,5-6H,1-2,4H2,(H,14,15,16,17). The summed E-state index contributed by atoms with van der Waals surface area (Å²) in [6, 6.07) is 0. The van der Waals surface area contributed by atoms with Gasteiger partial charge in [0, 0.05) is 0 Å². The Balaban J connectivity index is 1.76. The van der Waals surface area contributed by atoms with E-state index in [1.807, 2.05) is 0 Å². The Hall–Kier alpha value is -0.940. The number of hydrogen-bond acceptors (Lipinski definition) is 4. The monoisotopic (exact) mass is 312 g/mol. The molecule has 0 amide bonds. The number of aromatic nitrogens is 2. The van der Waals surface area contributed by atoms with Crippen LogP contribution in [0.3, 0.4) is 0 Å². The molecule has 88 valence electrons. The van der Waals surface area contributed by atoms with E-state index in [1.165, 1.54) is 18.4 Å². The molecule has 1 fully saturated rings. The molecule has 6 heteroatoms. The van der Waals surface area contributed by atoms with Crippen molar-refractivity contribution in [3.8, 4) is 0 Å². The third-order valence-corrected chi connectivity index (χ3v) is 3.48. The van der Waals surface area contributed by atoms with Gasteiger partial charge in [-0.05, 0) is 46.3 Å². The maximum atomic E-state index is 6.00. The highest BCUT2D eigenvalue weighted by molar-refractivity contribution is 9.10. The number of anilines is 1. The number of hydrogen-bond donors (Lipinski definition) is 1. The van der Waals surface area contributed by atoms with Crippen LogP contribution in [0.15, 0.2) is 27.6 Å². The molecule has 0 radical (unpaired) electrons. The Morgan fingerprint density at radius 2 is 2.24 bits per heavy atom. The van der Waals surface area contributed by atoms with Crippen LogP contribution in [-0.2, 0) is 0 Å². The number of nitrogens with one attached hydrogen (secondary N) is 1. The molecule has 0 atom stereocenters. The van der Waals surface area contributed by atoms with Crippen molar-refractivity contribution in [2.45, 2.75) is 12.8 Å². The van der Waals surface area contributed by atoms with Crippen molar-refractivity contribution in [3.05, 3.63) is 27.6 Å². The van der Waals surface area contributed by atoms with E-state index in [1.54, 1.807) is 6.20 Å². The van der Waals surface area contributed by atoms with Crippen molar-refractivity contribution in [1.82, 2.24) is 9.97 Å². The zero-order valence-corrected chi connectivity index (χ0v) is 11.3. The van der Waals surface area contributed by atoms with Gasteiger partial charge in [0.25, 0.3) is 0 Å². The zero-order chi connectivity index (χ0) is 11.8. The van der Waals surface area contributed by atoms with Gasteiger partial charge in [0.2, 0.25) is 0 Å². The summed E-state index contributed by atoms with van der Waals surface area (Å²) in [5.41, 5.74) is 1.41. The van der Waals surface area contributed by atoms with Crippen molar-refractivity contribution in [3.63, 3.8) is 0 Å². The first-order valence-electron chi connectivity index (χ1n) is 5.42. The highest BCUT2D eigenvalue weighted by Gasteiger charge is 2.28. The Morgan fingerprint density at radius 1 is 1.41 bits per heavy atom. The lowest BCUT2D eigenvalue weighted by Crippen LogP contribution is -2.09. The Labute approximate surface area is 112 Å². The average Bonchev–Trinajstić information content (AvgIpc) is 3.05. The lowest BCUT2D eigenvalue weighted by Gasteiger charge is -2.05. The fourth-order valence-electron chi connectivity index (χ4n) is 1.77. The minimum atomic E-state index is 0.490. The molecule has 1 aromatic heterocycles. The van der Waals surface area contributed by atoms with Gasteiger partial charge in [-0.1, -0.05) is 11.6 Å². The molecule has 4 nitrogen and oxygen atoms in total. The molecule has 2 aliphatic rings. The van der Waals surface area contributed by atoms with Gasteiger partial charge >= 0.3 is 0 Å². The van der Waals surface area contributed by atoms with E-state index in [9.17, 15) is 0 Å². The maximum Gasteiger partial charge on any atom is 0.198 e. The third-order valence-electron chi connectivity index (χ3n) is 2.82. The SMILES string of the molecule is Clc1cnc(Br)nc1NC1=NCC(C2CC2)=C1. The topological polar surface area (TPSA) is 50.2 Å². The number of aliphatic imine (C=N–C) groups is 1. The summed E-state index contributed by atoms with van der Waals surface area (Å²) in [7, 11) is 0. The van der Waals surface area contributed by atoms with Gasteiger partial charge in [-0.3, -0.25) is 4.99 Å².